The average molecular weight is 442 g/mol. The second-order valence-electron chi connectivity index (χ2n) is 7.41. The van der Waals surface area contributed by atoms with Gasteiger partial charge in [0.05, 0.1) is 22.3 Å². The number of rotatable bonds is 5. The first-order chi connectivity index (χ1) is 15.6. The molecule has 8 heteroatoms. The summed E-state index contributed by atoms with van der Waals surface area (Å²) in [6.07, 6.45) is 3.68. The van der Waals surface area contributed by atoms with Crippen molar-refractivity contribution >= 4 is 28.7 Å². The lowest BCUT2D eigenvalue weighted by Crippen LogP contribution is -2.30. The van der Waals surface area contributed by atoms with E-state index in [1.165, 1.54) is 6.07 Å². The highest BCUT2D eigenvalue weighted by atomic mass is 32.1. The Bertz CT molecular complexity index is 1280. The van der Waals surface area contributed by atoms with Gasteiger partial charge in [0.25, 0.3) is 5.69 Å². The van der Waals surface area contributed by atoms with Crippen LogP contribution in [0.1, 0.15) is 23.5 Å². The third kappa shape index (κ3) is 3.50. The molecule has 0 aliphatic carbocycles. The number of aromatic nitrogens is 2. The molecule has 1 saturated heterocycles. The summed E-state index contributed by atoms with van der Waals surface area (Å²) >= 11 is 5.75. The monoisotopic (exact) mass is 441 g/mol. The second kappa shape index (κ2) is 8.24. The van der Waals surface area contributed by atoms with E-state index in [1.807, 2.05) is 77.5 Å². The van der Waals surface area contributed by atoms with Crippen LogP contribution >= 0.6 is 12.2 Å². The zero-order chi connectivity index (χ0) is 22.1. The van der Waals surface area contributed by atoms with E-state index in [4.69, 9.17) is 12.2 Å². The molecule has 2 aromatic carbocycles. The van der Waals surface area contributed by atoms with E-state index in [0.717, 1.165) is 17.1 Å². The van der Waals surface area contributed by atoms with Gasteiger partial charge in [-0.15, -0.1) is 0 Å². The van der Waals surface area contributed by atoms with Crippen LogP contribution in [0.2, 0.25) is 0 Å². The topological polar surface area (TPSA) is 76.2 Å². The fraction of sp³-hybridized carbons (Fsp3) is 0.0833. The summed E-state index contributed by atoms with van der Waals surface area (Å²) in [6, 6.07) is 25.9. The Morgan fingerprint density at radius 3 is 2.47 bits per heavy atom. The molecule has 5 rings (SSSR count). The minimum Gasteiger partial charge on any atom is -0.351 e. The largest absolute Gasteiger partial charge is 0.351 e. The molecule has 0 radical (unpaired) electrons. The standard InChI is InChI=1S/C24H19N5O2S/c30-29(31)19-11-6-10-18(16-19)27-15-7-13-21(27)23-22(20-12-4-5-14-25-20)26-24(32)28(23)17-8-2-1-3-9-17/h1-16,22-23H,(H,26,32)/t22-,23-/m1/s1. The normalized spacial score (nSPS) is 17.9. The summed E-state index contributed by atoms with van der Waals surface area (Å²) in [5.41, 5.74) is 3.52. The summed E-state index contributed by atoms with van der Waals surface area (Å²) in [6.45, 7) is 0. The summed E-state index contributed by atoms with van der Waals surface area (Å²) < 4.78 is 1.97. The van der Waals surface area contributed by atoms with Crippen LogP contribution in [0, 0.1) is 10.1 Å². The first-order valence-electron chi connectivity index (χ1n) is 10.1. The molecule has 3 heterocycles. The van der Waals surface area contributed by atoms with Crippen molar-refractivity contribution in [3.8, 4) is 5.69 Å². The Balaban J connectivity index is 1.66. The van der Waals surface area contributed by atoms with Crippen molar-refractivity contribution in [3.05, 3.63) is 119 Å². The van der Waals surface area contributed by atoms with Gasteiger partial charge in [-0.3, -0.25) is 15.1 Å². The Morgan fingerprint density at radius 1 is 0.938 bits per heavy atom. The van der Waals surface area contributed by atoms with E-state index in [-0.39, 0.29) is 22.7 Å². The zero-order valence-corrected chi connectivity index (χ0v) is 17.7. The molecule has 2 atom stereocenters. The molecule has 0 unspecified atom stereocenters. The number of nitro groups is 1. The van der Waals surface area contributed by atoms with Crippen molar-refractivity contribution in [2.24, 2.45) is 0 Å². The van der Waals surface area contributed by atoms with E-state index in [0.29, 0.717) is 10.8 Å². The summed E-state index contributed by atoms with van der Waals surface area (Å²) in [5.74, 6) is 0. The lowest BCUT2D eigenvalue weighted by Gasteiger charge is -2.29. The Hall–Kier alpha value is -4.04. The lowest BCUT2D eigenvalue weighted by molar-refractivity contribution is -0.384. The molecule has 0 saturated carbocycles. The number of nitrogens with one attached hydrogen (secondary N) is 1. The number of nitro benzene ring substituents is 1. The summed E-state index contributed by atoms with van der Waals surface area (Å²) in [5, 5.41) is 15.4. The van der Waals surface area contributed by atoms with Crippen molar-refractivity contribution in [2.45, 2.75) is 12.1 Å². The van der Waals surface area contributed by atoms with E-state index >= 15 is 0 Å². The maximum Gasteiger partial charge on any atom is 0.271 e. The van der Waals surface area contributed by atoms with Crippen LogP contribution in [0.4, 0.5) is 11.4 Å². The molecule has 1 N–H and O–H groups in total. The Kier molecular flexibility index (Phi) is 5.12. The number of benzene rings is 2. The molecular formula is C24H19N5O2S. The SMILES string of the molecule is O=[N+]([O-])c1cccc(-n2cccc2[C@@H]2[C@@H](c3ccccn3)NC(=S)N2c2ccccc2)c1. The molecule has 1 fully saturated rings. The van der Waals surface area contributed by atoms with Crippen molar-refractivity contribution in [1.29, 1.82) is 0 Å². The first-order valence-corrected chi connectivity index (χ1v) is 10.5. The van der Waals surface area contributed by atoms with Crippen molar-refractivity contribution in [2.75, 3.05) is 4.90 Å². The molecule has 4 aromatic rings. The van der Waals surface area contributed by atoms with Gasteiger partial charge in [-0.25, -0.2) is 0 Å². The van der Waals surface area contributed by atoms with E-state index in [9.17, 15) is 10.1 Å². The average Bonchev–Trinajstić information content (AvgIpc) is 3.44. The molecule has 0 spiro atoms. The van der Waals surface area contributed by atoms with Crippen molar-refractivity contribution < 1.29 is 4.92 Å². The van der Waals surface area contributed by atoms with Crippen molar-refractivity contribution in [1.82, 2.24) is 14.9 Å². The Morgan fingerprint density at radius 2 is 1.72 bits per heavy atom. The number of nitrogens with zero attached hydrogens (tertiary/aromatic N) is 4. The van der Waals surface area contributed by atoms with Gasteiger partial charge in [-0.05, 0) is 54.7 Å². The zero-order valence-electron chi connectivity index (χ0n) is 16.9. The number of non-ortho nitro benzene ring substituents is 1. The van der Waals surface area contributed by atoms with Gasteiger partial charge in [0.1, 0.15) is 6.04 Å². The van der Waals surface area contributed by atoms with Crippen LogP contribution in [-0.4, -0.2) is 19.6 Å². The molecule has 2 aromatic heterocycles. The minimum atomic E-state index is -0.383. The van der Waals surface area contributed by atoms with Gasteiger partial charge in [0.15, 0.2) is 5.11 Å². The highest BCUT2D eigenvalue weighted by Crippen LogP contribution is 2.42. The summed E-state index contributed by atoms with van der Waals surface area (Å²) in [4.78, 5) is 17.6. The number of hydrogen-bond donors (Lipinski definition) is 1. The highest BCUT2D eigenvalue weighted by molar-refractivity contribution is 7.80. The number of pyridine rings is 1. The predicted molar refractivity (Wildman–Crippen MR) is 127 cm³/mol. The van der Waals surface area contributed by atoms with Gasteiger partial charge < -0.3 is 14.8 Å². The maximum absolute atomic E-state index is 11.3. The van der Waals surface area contributed by atoms with Crippen LogP contribution < -0.4 is 10.2 Å². The number of para-hydroxylation sites is 1. The molecule has 1 aliphatic heterocycles. The molecule has 0 amide bonds. The lowest BCUT2D eigenvalue weighted by atomic mass is 10.0. The van der Waals surface area contributed by atoms with Crippen LogP contribution in [0.3, 0.4) is 0 Å². The van der Waals surface area contributed by atoms with Gasteiger partial charge in [-0.2, -0.15) is 0 Å². The molecule has 1 aliphatic rings. The van der Waals surface area contributed by atoms with Gasteiger partial charge in [0, 0.05) is 35.9 Å². The van der Waals surface area contributed by atoms with E-state index < -0.39 is 0 Å². The third-order valence-electron chi connectivity index (χ3n) is 5.53. The smallest absolute Gasteiger partial charge is 0.271 e. The van der Waals surface area contributed by atoms with Crippen LogP contribution in [0.25, 0.3) is 5.69 Å². The predicted octanol–water partition coefficient (Wildman–Crippen LogP) is 4.96. The molecule has 7 nitrogen and oxygen atoms in total. The number of anilines is 1. The van der Waals surface area contributed by atoms with Gasteiger partial charge >= 0.3 is 0 Å². The molecule has 0 bridgehead atoms. The third-order valence-corrected chi connectivity index (χ3v) is 5.85. The van der Waals surface area contributed by atoms with E-state index in [1.54, 1.807) is 18.3 Å². The van der Waals surface area contributed by atoms with Crippen LogP contribution in [0.15, 0.2) is 97.3 Å². The molecular weight excluding hydrogens is 422 g/mol. The molecule has 32 heavy (non-hydrogen) atoms. The van der Waals surface area contributed by atoms with Gasteiger partial charge in [-0.1, -0.05) is 30.3 Å². The fourth-order valence-corrected chi connectivity index (χ4v) is 4.49. The Labute approximate surface area is 190 Å². The highest BCUT2D eigenvalue weighted by Gasteiger charge is 2.42. The van der Waals surface area contributed by atoms with Crippen LogP contribution in [-0.2, 0) is 0 Å². The quantitative estimate of drug-likeness (QED) is 0.268. The second-order valence-corrected chi connectivity index (χ2v) is 7.80. The van der Waals surface area contributed by atoms with E-state index in [2.05, 4.69) is 15.2 Å². The maximum atomic E-state index is 11.3. The van der Waals surface area contributed by atoms with Crippen molar-refractivity contribution in [3.63, 3.8) is 0 Å². The summed E-state index contributed by atoms with van der Waals surface area (Å²) in [7, 11) is 0. The minimum absolute atomic E-state index is 0.0448. The van der Waals surface area contributed by atoms with Crippen LogP contribution in [0.5, 0.6) is 0 Å². The molecule has 158 valence electrons. The number of hydrogen-bond acceptors (Lipinski definition) is 4. The first kappa shape index (κ1) is 19.9. The van der Waals surface area contributed by atoms with Gasteiger partial charge in [0.2, 0.25) is 0 Å². The fourth-order valence-electron chi connectivity index (χ4n) is 4.15. The number of thiocarbonyl (C=S) groups is 1.